The maximum absolute atomic E-state index is 12.8. The highest BCUT2D eigenvalue weighted by Gasteiger charge is 2.16. The largest absolute Gasteiger partial charge is 0.496 e. The lowest BCUT2D eigenvalue weighted by molar-refractivity contribution is 0.0939. The number of hydrogen-bond acceptors (Lipinski definition) is 5. The summed E-state index contributed by atoms with van der Waals surface area (Å²) in [5, 5.41) is 3.02. The highest BCUT2D eigenvalue weighted by atomic mass is 16.5. The highest BCUT2D eigenvalue weighted by Crippen LogP contribution is 2.30. The van der Waals surface area contributed by atoms with E-state index in [1.807, 2.05) is 56.3 Å². The molecule has 0 aliphatic rings. The Kier molecular flexibility index (Phi) is 6.91. The summed E-state index contributed by atoms with van der Waals surface area (Å²) >= 11 is 0. The van der Waals surface area contributed by atoms with E-state index in [1.54, 1.807) is 32.5 Å². The summed E-state index contributed by atoms with van der Waals surface area (Å²) in [5.74, 6) is 1.73. The molecule has 1 N–H and O–H groups in total. The Bertz CT molecular complexity index is 980. The number of pyridine rings is 1. The summed E-state index contributed by atoms with van der Waals surface area (Å²) in [6, 6.07) is 16.6. The van der Waals surface area contributed by atoms with Crippen LogP contribution in [0.3, 0.4) is 0 Å². The molecule has 3 aromatic rings. The van der Waals surface area contributed by atoms with Crippen molar-refractivity contribution in [3.05, 3.63) is 83.2 Å². The van der Waals surface area contributed by atoms with Crippen molar-refractivity contribution in [1.29, 1.82) is 0 Å². The minimum Gasteiger partial charge on any atom is -0.496 e. The van der Waals surface area contributed by atoms with Gasteiger partial charge in [0, 0.05) is 17.3 Å². The van der Waals surface area contributed by atoms with E-state index in [-0.39, 0.29) is 11.9 Å². The lowest BCUT2D eigenvalue weighted by Gasteiger charge is -2.17. The molecule has 1 amide bonds. The maximum Gasteiger partial charge on any atom is 0.252 e. The fourth-order valence-corrected chi connectivity index (χ4v) is 3.09. The molecule has 0 spiro atoms. The standard InChI is InChI=1S/C24H26N2O4/c1-16-22(28-3)13-19(14-23(16)29-4)24(27)26-17(2)18-8-7-10-21(12-18)30-15-20-9-5-6-11-25-20/h5-14,17H,15H2,1-4H3,(H,26,27). The number of nitrogens with one attached hydrogen (secondary N) is 1. The zero-order valence-electron chi connectivity index (χ0n) is 17.6. The Morgan fingerprint density at radius 1 is 1.03 bits per heavy atom. The number of nitrogens with zero attached hydrogens (tertiary/aromatic N) is 1. The second-order valence-electron chi connectivity index (χ2n) is 6.88. The average Bonchev–Trinajstić information content (AvgIpc) is 2.78. The molecule has 0 saturated heterocycles. The predicted octanol–water partition coefficient (Wildman–Crippen LogP) is 4.48. The number of aromatic nitrogens is 1. The lowest BCUT2D eigenvalue weighted by atomic mass is 10.1. The minimum absolute atomic E-state index is 0.209. The van der Waals surface area contributed by atoms with Gasteiger partial charge in [-0.1, -0.05) is 18.2 Å². The van der Waals surface area contributed by atoms with E-state index in [2.05, 4.69) is 10.3 Å². The molecule has 6 nitrogen and oxygen atoms in total. The van der Waals surface area contributed by atoms with Gasteiger partial charge in [0.05, 0.1) is 26.0 Å². The normalized spacial score (nSPS) is 11.5. The molecule has 1 atom stereocenters. The van der Waals surface area contributed by atoms with Crippen LogP contribution < -0.4 is 19.5 Å². The van der Waals surface area contributed by atoms with Gasteiger partial charge in [-0.2, -0.15) is 0 Å². The third-order valence-electron chi connectivity index (χ3n) is 4.83. The molecule has 1 aromatic heterocycles. The zero-order valence-corrected chi connectivity index (χ0v) is 17.6. The van der Waals surface area contributed by atoms with Gasteiger partial charge in [-0.15, -0.1) is 0 Å². The molecule has 6 heteroatoms. The number of rotatable bonds is 8. The minimum atomic E-state index is -0.214. The number of benzene rings is 2. The van der Waals surface area contributed by atoms with Gasteiger partial charge in [-0.05, 0) is 55.8 Å². The van der Waals surface area contributed by atoms with Crippen molar-refractivity contribution in [3.63, 3.8) is 0 Å². The van der Waals surface area contributed by atoms with Crippen molar-refractivity contribution in [2.45, 2.75) is 26.5 Å². The first kappa shape index (κ1) is 21.2. The Balaban J connectivity index is 1.70. The van der Waals surface area contributed by atoms with Crippen LogP contribution in [0.2, 0.25) is 0 Å². The molecule has 0 fully saturated rings. The number of carbonyl (C=O) groups excluding carboxylic acids is 1. The third-order valence-corrected chi connectivity index (χ3v) is 4.83. The SMILES string of the molecule is COc1cc(C(=O)NC(C)c2cccc(OCc3ccccn3)c2)cc(OC)c1C. The lowest BCUT2D eigenvalue weighted by Crippen LogP contribution is -2.26. The van der Waals surface area contributed by atoms with Gasteiger partial charge in [-0.25, -0.2) is 0 Å². The summed E-state index contributed by atoms with van der Waals surface area (Å²) in [4.78, 5) is 17.1. The summed E-state index contributed by atoms with van der Waals surface area (Å²) in [5.41, 5.74) is 3.12. The second kappa shape index (κ2) is 9.78. The van der Waals surface area contributed by atoms with Gasteiger partial charge in [0.15, 0.2) is 0 Å². The summed E-state index contributed by atoms with van der Waals surface area (Å²) in [6.07, 6.45) is 1.74. The van der Waals surface area contributed by atoms with Crippen molar-refractivity contribution < 1.29 is 19.0 Å². The number of carbonyl (C=O) groups is 1. The van der Waals surface area contributed by atoms with Crippen molar-refractivity contribution >= 4 is 5.91 Å². The van der Waals surface area contributed by atoms with E-state index in [4.69, 9.17) is 14.2 Å². The first-order chi connectivity index (χ1) is 14.5. The van der Waals surface area contributed by atoms with Gasteiger partial charge < -0.3 is 19.5 Å². The van der Waals surface area contributed by atoms with Crippen molar-refractivity contribution in [3.8, 4) is 17.2 Å². The fraction of sp³-hybridized carbons (Fsp3) is 0.250. The van der Waals surface area contributed by atoms with E-state index >= 15 is 0 Å². The molecule has 30 heavy (non-hydrogen) atoms. The first-order valence-electron chi connectivity index (χ1n) is 9.68. The molecule has 156 valence electrons. The number of ether oxygens (including phenoxy) is 3. The zero-order chi connectivity index (χ0) is 21.5. The number of hydrogen-bond donors (Lipinski definition) is 1. The smallest absolute Gasteiger partial charge is 0.252 e. The fourth-order valence-electron chi connectivity index (χ4n) is 3.09. The Morgan fingerprint density at radius 3 is 2.40 bits per heavy atom. The quantitative estimate of drug-likeness (QED) is 0.597. The van der Waals surface area contributed by atoms with E-state index in [0.717, 1.165) is 22.6 Å². The van der Waals surface area contributed by atoms with Crippen LogP contribution in [0.15, 0.2) is 60.8 Å². The molecule has 1 unspecified atom stereocenters. The van der Waals surface area contributed by atoms with Gasteiger partial charge in [0.1, 0.15) is 23.9 Å². The van der Waals surface area contributed by atoms with Crippen LogP contribution in [0, 0.1) is 6.92 Å². The van der Waals surface area contributed by atoms with Gasteiger partial charge in [-0.3, -0.25) is 9.78 Å². The molecule has 1 heterocycles. The highest BCUT2D eigenvalue weighted by molar-refractivity contribution is 5.95. The second-order valence-corrected chi connectivity index (χ2v) is 6.88. The van der Waals surface area contributed by atoms with Crippen LogP contribution in [0.4, 0.5) is 0 Å². The van der Waals surface area contributed by atoms with Gasteiger partial charge in [0.2, 0.25) is 0 Å². The average molecular weight is 406 g/mol. The van der Waals surface area contributed by atoms with Gasteiger partial charge >= 0.3 is 0 Å². The number of methoxy groups -OCH3 is 2. The Hall–Kier alpha value is -3.54. The molecular weight excluding hydrogens is 380 g/mol. The molecule has 0 bridgehead atoms. The van der Waals surface area contributed by atoms with Crippen molar-refractivity contribution in [2.24, 2.45) is 0 Å². The maximum atomic E-state index is 12.8. The van der Waals surface area contributed by atoms with Crippen LogP contribution in [-0.4, -0.2) is 25.1 Å². The Morgan fingerprint density at radius 2 is 1.77 bits per heavy atom. The molecule has 2 aromatic carbocycles. The topological polar surface area (TPSA) is 69.7 Å². The molecule has 0 saturated carbocycles. The summed E-state index contributed by atoms with van der Waals surface area (Å²) in [7, 11) is 3.14. The van der Waals surface area contributed by atoms with E-state index in [1.165, 1.54) is 0 Å². The molecule has 0 aliphatic carbocycles. The Labute approximate surface area is 176 Å². The van der Waals surface area contributed by atoms with Gasteiger partial charge in [0.25, 0.3) is 5.91 Å². The summed E-state index contributed by atoms with van der Waals surface area (Å²) < 4.78 is 16.6. The van der Waals surface area contributed by atoms with E-state index < -0.39 is 0 Å². The molecule has 3 rings (SSSR count). The molecule has 0 aliphatic heterocycles. The predicted molar refractivity (Wildman–Crippen MR) is 115 cm³/mol. The third kappa shape index (κ3) is 5.08. The van der Waals surface area contributed by atoms with Crippen LogP contribution in [0.25, 0.3) is 0 Å². The van der Waals surface area contributed by atoms with Crippen LogP contribution in [0.5, 0.6) is 17.2 Å². The first-order valence-corrected chi connectivity index (χ1v) is 9.68. The van der Waals surface area contributed by atoms with Crippen LogP contribution in [0.1, 0.15) is 40.1 Å². The van der Waals surface area contributed by atoms with Crippen molar-refractivity contribution in [2.75, 3.05) is 14.2 Å². The monoisotopic (exact) mass is 406 g/mol. The van der Waals surface area contributed by atoms with E-state index in [0.29, 0.717) is 23.7 Å². The molecular formula is C24H26N2O4. The van der Waals surface area contributed by atoms with Crippen molar-refractivity contribution in [1.82, 2.24) is 10.3 Å². The molecule has 0 radical (unpaired) electrons. The number of amides is 1. The summed E-state index contributed by atoms with van der Waals surface area (Å²) in [6.45, 7) is 4.20. The van der Waals surface area contributed by atoms with Crippen LogP contribution >= 0.6 is 0 Å². The van der Waals surface area contributed by atoms with E-state index in [9.17, 15) is 4.79 Å². The van der Waals surface area contributed by atoms with Crippen LogP contribution in [-0.2, 0) is 6.61 Å².